The number of nitrogens with one attached hydrogen (secondary N) is 1. The zero-order chi connectivity index (χ0) is 11.4. The molecule has 0 radical (unpaired) electrons. The number of rotatable bonds is 3. The lowest BCUT2D eigenvalue weighted by Gasteiger charge is -2.10. The van der Waals surface area contributed by atoms with Gasteiger partial charge in [0.2, 0.25) is 5.82 Å². The molecule has 1 heterocycles. The fraction of sp³-hybridized carbons (Fsp3) is 0.500. The highest BCUT2D eigenvalue weighted by Gasteiger charge is 2.14. The fourth-order valence-corrected chi connectivity index (χ4v) is 1.41. The molecule has 1 rings (SSSR count). The van der Waals surface area contributed by atoms with Crippen molar-refractivity contribution in [2.45, 2.75) is 20.3 Å². The summed E-state index contributed by atoms with van der Waals surface area (Å²) in [5.74, 6) is 0.263. The number of aromatic nitrogens is 2. The number of hydrogen-bond acceptors (Lipinski definition) is 5. The number of ether oxygens (including phenoxy) is 1. The van der Waals surface area contributed by atoms with Gasteiger partial charge in [0.15, 0.2) is 0 Å². The van der Waals surface area contributed by atoms with Gasteiger partial charge in [-0.2, -0.15) is 0 Å². The largest absolute Gasteiger partial charge is 0.463 e. The number of carbonyl (C=O) groups excluding carboxylic acids is 1. The highest BCUT2D eigenvalue weighted by molar-refractivity contribution is 5.85. The lowest BCUT2D eigenvalue weighted by molar-refractivity contribution is 0.0586. The predicted octanol–water partition coefficient (Wildman–Crippen LogP) is 1.18. The van der Waals surface area contributed by atoms with Gasteiger partial charge in [-0.05, 0) is 13.3 Å². The molecule has 0 saturated heterocycles. The normalized spacial score (nSPS) is 9.87. The number of hydrogen-bond donors (Lipinski definition) is 1. The third-order valence-corrected chi connectivity index (χ3v) is 2.17. The summed E-state index contributed by atoms with van der Waals surface area (Å²) in [4.78, 5) is 19.5. The average Bonchev–Trinajstić information content (AvgIpc) is 2.26. The van der Waals surface area contributed by atoms with Crippen LogP contribution < -0.4 is 5.32 Å². The summed E-state index contributed by atoms with van der Waals surface area (Å²) in [6, 6.07) is 0. The van der Waals surface area contributed by atoms with Gasteiger partial charge >= 0.3 is 5.97 Å². The van der Waals surface area contributed by atoms with Crippen molar-refractivity contribution in [2.24, 2.45) is 0 Å². The predicted molar refractivity (Wildman–Crippen MR) is 57.0 cm³/mol. The van der Waals surface area contributed by atoms with E-state index in [-0.39, 0.29) is 5.82 Å². The number of carbonyl (C=O) groups is 1. The molecule has 0 amide bonds. The van der Waals surface area contributed by atoms with Gasteiger partial charge in [0.25, 0.3) is 0 Å². The van der Waals surface area contributed by atoms with E-state index in [1.54, 1.807) is 7.05 Å². The molecule has 1 N–H and O–H groups in total. The minimum Gasteiger partial charge on any atom is -0.463 e. The molecule has 15 heavy (non-hydrogen) atoms. The molecule has 5 nitrogen and oxygen atoms in total. The van der Waals surface area contributed by atoms with Crippen LogP contribution >= 0.6 is 0 Å². The van der Waals surface area contributed by atoms with Crippen molar-refractivity contribution in [1.29, 1.82) is 0 Å². The second-order valence-electron chi connectivity index (χ2n) is 3.05. The van der Waals surface area contributed by atoms with Gasteiger partial charge in [0, 0.05) is 18.3 Å². The summed E-state index contributed by atoms with van der Waals surface area (Å²) in [5.41, 5.74) is 1.82. The van der Waals surface area contributed by atoms with E-state index in [9.17, 15) is 4.79 Å². The molecule has 0 bridgehead atoms. The Morgan fingerprint density at radius 3 is 2.60 bits per heavy atom. The number of methoxy groups -OCH3 is 1. The molecule has 1 aromatic heterocycles. The van der Waals surface area contributed by atoms with Crippen LogP contribution in [-0.2, 0) is 11.2 Å². The average molecular weight is 209 g/mol. The molecule has 0 aliphatic rings. The summed E-state index contributed by atoms with van der Waals surface area (Å²) in [7, 11) is 3.08. The van der Waals surface area contributed by atoms with Crippen molar-refractivity contribution in [3.63, 3.8) is 0 Å². The van der Waals surface area contributed by atoms with Gasteiger partial charge < -0.3 is 10.1 Å². The maximum atomic E-state index is 11.3. The van der Waals surface area contributed by atoms with Crippen LogP contribution in [0.5, 0.6) is 0 Å². The second kappa shape index (κ2) is 4.72. The molecular weight excluding hydrogens is 194 g/mol. The zero-order valence-electron chi connectivity index (χ0n) is 9.42. The van der Waals surface area contributed by atoms with E-state index in [1.807, 2.05) is 13.8 Å². The minimum atomic E-state index is -0.516. The maximum Gasteiger partial charge on any atom is 0.376 e. The van der Waals surface area contributed by atoms with Crippen molar-refractivity contribution in [3.8, 4) is 0 Å². The Balaban J connectivity index is 3.25. The standard InChI is InChI=1S/C10H15N3O2/c1-5-7-6(2)12-9(10(14)15-4)13-8(7)11-3/h5H2,1-4H3,(H,11,12,13). The molecule has 1 aromatic rings. The molecular formula is C10H15N3O2. The first-order valence-corrected chi connectivity index (χ1v) is 4.77. The number of aryl methyl sites for hydroxylation is 1. The Hall–Kier alpha value is -1.65. The Morgan fingerprint density at radius 1 is 1.47 bits per heavy atom. The van der Waals surface area contributed by atoms with E-state index in [4.69, 9.17) is 0 Å². The van der Waals surface area contributed by atoms with Crippen LogP contribution in [0.15, 0.2) is 0 Å². The molecule has 82 valence electrons. The molecule has 5 heteroatoms. The third-order valence-electron chi connectivity index (χ3n) is 2.17. The van der Waals surface area contributed by atoms with E-state index in [0.717, 1.165) is 17.7 Å². The smallest absolute Gasteiger partial charge is 0.376 e. The lowest BCUT2D eigenvalue weighted by atomic mass is 10.1. The SMILES string of the molecule is CCc1c(C)nc(C(=O)OC)nc1NC. The zero-order valence-corrected chi connectivity index (χ0v) is 9.42. The summed E-state index contributed by atoms with van der Waals surface area (Å²) in [6.07, 6.45) is 0.823. The van der Waals surface area contributed by atoms with E-state index in [2.05, 4.69) is 20.0 Å². The van der Waals surface area contributed by atoms with Gasteiger partial charge in [-0.15, -0.1) is 0 Å². The Kier molecular flexibility index (Phi) is 3.60. The Morgan fingerprint density at radius 2 is 2.13 bits per heavy atom. The molecule has 0 fully saturated rings. The number of esters is 1. The van der Waals surface area contributed by atoms with E-state index in [1.165, 1.54) is 7.11 Å². The van der Waals surface area contributed by atoms with Crippen LogP contribution in [-0.4, -0.2) is 30.1 Å². The van der Waals surface area contributed by atoms with Crippen LogP contribution in [0.4, 0.5) is 5.82 Å². The number of anilines is 1. The van der Waals surface area contributed by atoms with E-state index in [0.29, 0.717) is 5.82 Å². The molecule has 0 aliphatic heterocycles. The third kappa shape index (κ3) is 2.23. The fourth-order valence-electron chi connectivity index (χ4n) is 1.41. The quantitative estimate of drug-likeness (QED) is 0.757. The van der Waals surface area contributed by atoms with Crippen molar-refractivity contribution in [3.05, 3.63) is 17.1 Å². The summed E-state index contributed by atoms with van der Waals surface area (Å²) in [6.45, 7) is 3.87. The van der Waals surface area contributed by atoms with Crippen molar-refractivity contribution in [1.82, 2.24) is 9.97 Å². The molecule has 0 saturated carbocycles. The van der Waals surface area contributed by atoms with Gasteiger partial charge in [-0.3, -0.25) is 0 Å². The Labute approximate surface area is 88.9 Å². The second-order valence-corrected chi connectivity index (χ2v) is 3.05. The van der Waals surface area contributed by atoms with Crippen LogP contribution in [0.1, 0.15) is 28.8 Å². The summed E-state index contributed by atoms with van der Waals surface area (Å²) in [5, 5.41) is 2.95. The van der Waals surface area contributed by atoms with Gasteiger partial charge in [-0.25, -0.2) is 14.8 Å². The lowest BCUT2D eigenvalue weighted by Crippen LogP contribution is -2.12. The molecule has 0 aliphatic carbocycles. The molecule has 0 aromatic carbocycles. The van der Waals surface area contributed by atoms with Crippen molar-refractivity contribution < 1.29 is 9.53 Å². The first-order chi connectivity index (χ1) is 7.13. The monoisotopic (exact) mass is 209 g/mol. The summed E-state index contributed by atoms with van der Waals surface area (Å²) < 4.78 is 4.57. The van der Waals surface area contributed by atoms with Gasteiger partial charge in [-0.1, -0.05) is 6.92 Å². The van der Waals surface area contributed by atoms with Crippen molar-refractivity contribution in [2.75, 3.05) is 19.5 Å². The van der Waals surface area contributed by atoms with Gasteiger partial charge in [0.05, 0.1) is 7.11 Å². The first kappa shape index (κ1) is 11.4. The highest BCUT2D eigenvalue weighted by Crippen LogP contribution is 2.16. The van der Waals surface area contributed by atoms with Crippen LogP contribution in [0.25, 0.3) is 0 Å². The van der Waals surface area contributed by atoms with Crippen molar-refractivity contribution >= 4 is 11.8 Å². The number of nitrogens with zero attached hydrogens (tertiary/aromatic N) is 2. The van der Waals surface area contributed by atoms with E-state index < -0.39 is 5.97 Å². The topological polar surface area (TPSA) is 64.1 Å². The first-order valence-electron chi connectivity index (χ1n) is 4.77. The summed E-state index contributed by atoms with van der Waals surface area (Å²) >= 11 is 0. The molecule has 0 unspecified atom stereocenters. The van der Waals surface area contributed by atoms with E-state index >= 15 is 0 Å². The Bertz CT molecular complexity index is 377. The van der Waals surface area contributed by atoms with Gasteiger partial charge in [0.1, 0.15) is 5.82 Å². The van der Waals surface area contributed by atoms with Crippen LogP contribution in [0, 0.1) is 6.92 Å². The molecule has 0 atom stereocenters. The highest BCUT2D eigenvalue weighted by atomic mass is 16.5. The van der Waals surface area contributed by atoms with Crippen LogP contribution in [0.2, 0.25) is 0 Å². The van der Waals surface area contributed by atoms with Crippen LogP contribution in [0.3, 0.4) is 0 Å². The maximum absolute atomic E-state index is 11.3. The minimum absolute atomic E-state index is 0.0940. The molecule has 0 spiro atoms.